The molecule has 3 aromatic heterocycles. The first-order chi connectivity index (χ1) is 37.4. The van der Waals surface area contributed by atoms with Gasteiger partial charge in [-0.15, -0.1) is 0 Å². The number of aromatic amines is 1. The molecule has 5 atom stereocenters. The second-order valence-corrected chi connectivity index (χ2v) is 25.2. The maximum atomic E-state index is 14.8. The lowest BCUT2D eigenvalue weighted by atomic mass is 9.83. The highest BCUT2D eigenvalue weighted by atomic mass is 32.2. The smallest absolute Gasteiger partial charge is 0.253 e. The molecule has 6 N–H and O–H groups in total. The van der Waals surface area contributed by atoms with Crippen molar-refractivity contribution >= 4 is 61.8 Å². The SMILES string of the molecule is CNC(C)C(=O)NC(C(=O)N1C[C@@H](NC(=O)c2ccc(N3CCN(CCCOc4cc5ncnc(Nc6n[nH]c(C)c6C)c5cc4S(=O)(=O)C(C)(C)C)CC3)nc2)C[C@H]1C(=O)N[C@@H]1CCCc2ccccc21)C1CCCCC1. The molecule has 9 rings (SSSR count). The molecule has 0 bridgehead atoms. The number of likely N-dealkylation sites (N-methyl/N-ethyl adjacent to an activating group) is 1. The number of hydrogen-bond donors (Lipinski definition) is 6. The van der Waals surface area contributed by atoms with E-state index in [1.807, 2.05) is 32.0 Å². The largest absolute Gasteiger partial charge is 0.492 e. The molecule has 21 heteroatoms. The standard InChI is InChI=1S/C57H77N13O7S/c1-35-36(2)66-67-51(35)65-52-43-30-48(78(75,76)57(4,5)6)47(31-45(43)60-34-61-52)77-28-14-23-68-24-26-69(27-25-68)49-22-21-40(32-59-49)54(72)62-41-29-46(55(73)63-44-20-13-18-38-15-11-12-19-42(38)44)70(33-41)56(74)50(39-16-9-8-10-17-39)64-53(71)37(3)58-7/h11-12,15,19,21-22,30-32,34,37,39,41,44,46,50,58H,8-10,13-14,16-18,20,23-29,33H2,1-7H3,(H,62,72)(H,63,73)(H,64,71)(H2,60,61,65,66,67)/t37?,41-,44+,46-,50?/m0/s1. The van der Waals surface area contributed by atoms with E-state index < -0.39 is 38.8 Å². The zero-order valence-electron chi connectivity index (χ0n) is 46.2. The predicted molar refractivity (Wildman–Crippen MR) is 299 cm³/mol. The Morgan fingerprint density at radius 1 is 0.897 bits per heavy atom. The topological polar surface area (TPSA) is 249 Å². The van der Waals surface area contributed by atoms with Gasteiger partial charge in [-0.25, -0.2) is 23.4 Å². The second-order valence-electron chi connectivity index (χ2n) is 22.5. The van der Waals surface area contributed by atoms with E-state index in [2.05, 4.69) is 68.7 Å². The van der Waals surface area contributed by atoms with Crippen molar-refractivity contribution in [3.8, 4) is 5.75 Å². The molecule has 4 amide bonds. The van der Waals surface area contributed by atoms with Crippen LogP contribution in [0, 0.1) is 19.8 Å². The molecular formula is C57H77N13O7S. The van der Waals surface area contributed by atoms with Crippen molar-refractivity contribution in [3.05, 3.63) is 89.0 Å². The number of benzene rings is 2. The van der Waals surface area contributed by atoms with E-state index in [1.165, 1.54) is 11.9 Å². The van der Waals surface area contributed by atoms with Crippen LogP contribution in [0.5, 0.6) is 5.75 Å². The van der Waals surface area contributed by atoms with E-state index in [1.54, 1.807) is 64.0 Å². The molecule has 1 saturated carbocycles. The number of hydrogen-bond acceptors (Lipinski definition) is 15. The molecule has 20 nitrogen and oxygen atoms in total. The van der Waals surface area contributed by atoms with E-state index >= 15 is 0 Å². The molecular weight excluding hydrogens is 1010 g/mol. The van der Waals surface area contributed by atoms with E-state index in [0.29, 0.717) is 54.2 Å². The van der Waals surface area contributed by atoms with Crippen LogP contribution in [-0.2, 0) is 30.6 Å². The fraction of sp³-hybridized carbons (Fsp3) is 0.544. The number of carbonyl (C=O) groups excluding carboxylic acids is 4. The number of nitrogens with zero attached hydrogens (tertiary/aromatic N) is 7. The van der Waals surface area contributed by atoms with Crippen LogP contribution in [0.4, 0.5) is 17.5 Å². The fourth-order valence-corrected chi connectivity index (χ4v) is 12.5. The number of aromatic nitrogens is 5. The molecule has 2 saturated heterocycles. The highest BCUT2D eigenvalue weighted by Gasteiger charge is 2.45. The van der Waals surface area contributed by atoms with Crippen molar-refractivity contribution < 1.29 is 32.3 Å². The Balaban J connectivity index is 0.809. The number of nitrogens with one attached hydrogen (secondary N) is 6. The number of fused-ring (bicyclic) bond motifs is 2. The number of sulfone groups is 1. The Kier molecular flexibility index (Phi) is 17.3. The number of amides is 4. The zero-order chi connectivity index (χ0) is 55.3. The van der Waals surface area contributed by atoms with E-state index in [-0.39, 0.29) is 59.2 Å². The molecule has 2 unspecified atom stereocenters. The van der Waals surface area contributed by atoms with Gasteiger partial charge in [-0.2, -0.15) is 5.10 Å². The van der Waals surface area contributed by atoms with E-state index in [4.69, 9.17) is 9.72 Å². The van der Waals surface area contributed by atoms with Gasteiger partial charge in [0.2, 0.25) is 17.7 Å². The van der Waals surface area contributed by atoms with Crippen LogP contribution >= 0.6 is 0 Å². The van der Waals surface area contributed by atoms with Crippen LogP contribution in [0.1, 0.15) is 124 Å². The van der Waals surface area contributed by atoms with Crippen molar-refractivity contribution in [3.63, 3.8) is 0 Å². The van der Waals surface area contributed by atoms with Crippen molar-refractivity contribution in [2.45, 2.75) is 146 Å². The normalized spacial score (nSPS) is 20.2. The molecule has 5 heterocycles. The first-order valence-corrected chi connectivity index (χ1v) is 29.2. The lowest BCUT2D eigenvalue weighted by molar-refractivity contribution is -0.143. The lowest BCUT2D eigenvalue weighted by Gasteiger charge is -2.35. The number of carbonyl (C=O) groups is 4. The molecule has 2 aromatic carbocycles. The number of likely N-dealkylation sites (tertiary alicyclic amines) is 1. The van der Waals surface area contributed by atoms with Gasteiger partial charge in [0.05, 0.1) is 34.5 Å². The van der Waals surface area contributed by atoms with Crippen molar-refractivity contribution in [1.82, 2.24) is 56.2 Å². The minimum absolute atomic E-state index is 0.0638. The molecule has 78 heavy (non-hydrogen) atoms. The second kappa shape index (κ2) is 24.1. The maximum absolute atomic E-state index is 14.8. The number of piperazine rings is 1. The van der Waals surface area contributed by atoms with Gasteiger partial charge in [-0.3, -0.25) is 29.2 Å². The third-order valence-corrected chi connectivity index (χ3v) is 18.8. The summed E-state index contributed by atoms with van der Waals surface area (Å²) < 4.78 is 33.2. The number of aryl methyl sites for hydroxylation is 2. The highest BCUT2D eigenvalue weighted by Crippen LogP contribution is 2.38. The molecule has 5 aromatic rings. The summed E-state index contributed by atoms with van der Waals surface area (Å²) in [6.07, 6.45) is 11.2. The number of anilines is 3. The van der Waals surface area contributed by atoms with Crippen LogP contribution in [0.25, 0.3) is 10.9 Å². The average Bonchev–Trinajstić information content (AvgIpc) is 4.07. The summed E-state index contributed by atoms with van der Waals surface area (Å²) in [4.78, 5) is 76.4. The van der Waals surface area contributed by atoms with Gasteiger partial charge < -0.3 is 41.1 Å². The van der Waals surface area contributed by atoms with Gasteiger partial charge >= 0.3 is 0 Å². The summed E-state index contributed by atoms with van der Waals surface area (Å²) in [7, 11) is -2.14. The van der Waals surface area contributed by atoms with E-state index in [0.717, 1.165) is 93.6 Å². The van der Waals surface area contributed by atoms with Crippen molar-refractivity contribution in [2.24, 2.45) is 5.92 Å². The van der Waals surface area contributed by atoms with Crippen molar-refractivity contribution in [2.75, 3.05) is 63.1 Å². The van der Waals surface area contributed by atoms with Gasteiger partial charge in [0, 0.05) is 74.2 Å². The monoisotopic (exact) mass is 1090 g/mol. The summed E-state index contributed by atoms with van der Waals surface area (Å²) in [6.45, 7) is 14.7. The third kappa shape index (κ3) is 12.4. The van der Waals surface area contributed by atoms with Crippen LogP contribution in [0.15, 0.2) is 66.0 Å². The summed E-state index contributed by atoms with van der Waals surface area (Å²) in [5.74, 6) is 0.779. The Bertz CT molecular complexity index is 3080. The van der Waals surface area contributed by atoms with Gasteiger partial charge in [-0.05, 0) is 129 Å². The van der Waals surface area contributed by atoms with Crippen LogP contribution < -0.4 is 36.2 Å². The summed E-state index contributed by atoms with van der Waals surface area (Å²) in [6, 6.07) is 12.2. The molecule has 3 fully saturated rings. The van der Waals surface area contributed by atoms with E-state index in [9.17, 15) is 27.6 Å². The maximum Gasteiger partial charge on any atom is 0.253 e. The van der Waals surface area contributed by atoms with Crippen LogP contribution in [0.2, 0.25) is 0 Å². The number of pyridine rings is 1. The molecule has 418 valence electrons. The molecule has 2 aliphatic heterocycles. The number of ether oxygens (including phenoxy) is 1. The average molecular weight is 1090 g/mol. The molecule has 0 spiro atoms. The molecule has 0 radical (unpaired) electrons. The van der Waals surface area contributed by atoms with Gasteiger partial charge in [-0.1, -0.05) is 43.5 Å². The first kappa shape index (κ1) is 56.0. The van der Waals surface area contributed by atoms with Crippen LogP contribution in [0.3, 0.4) is 0 Å². The summed E-state index contributed by atoms with van der Waals surface area (Å²) in [5.41, 5.74) is 5.03. The minimum atomic E-state index is -3.84. The Morgan fingerprint density at radius 3 is 2.37 bits per heavy atom. The summed E-state index contributed by atoms with van der Waals surface area (Å²) in [5, 5.41) is 23.5. The van der Waals surface area contributed by atoms with Gasteiger partial charge in [0.1, 0.15) is 40.7 Å². The Labute approximate surface area is 458 Å². The first-order valence-electron chi connectivity index (χ1n) is 27.8. The summed E-state index contributed by atoms with van der Waals surface area (Å²) >= 11 is 0. The quantitative estimate of drug-likeness (QED) is 0.0565. The fourth-order valence-electron chi connectivity index (χ4n) is 11.2. The molecule has 2 aliphatic carbocycles. The zero-order valence-corrected chi connectivity index (χ0v) is 47.0. The van der Waals surface area contributed by atoms with Crippen molar-refractivity contribution in [1.29, 1.82) is 0 Å². The van der Waals surface area contributed by atoms with Gasteiger partial charge in [0.25, 0.3) is 5.91 Å². The van der Waals surface area contributed by atoms with Crippen LogP contribution in [-0.4, -0.2) is 149 Å². The number of rotatable bonds is 18. The molecule has 4 aliphatic rings. The Morgan fingerprint density at radius 2 is 1.67 bits per heavy atom. The highest BCUT2D eigenvalue weighted by molar-refractivity contribution is 7.92. The Hall–Kier alpha value is -6.71. The van der Waals surface area contributed by atoms with Gasteiger partial charge in [0.15, 0.2) is 15.7 Å². The third-order valence-electron chi connectivity index (χ3n) is 16.3. The minimum Gasteiger partial charge on any atom is -0.492 e. The lowest BCUT2D eigenvalue weighted by Crippen LogP contribution is -2.58. The number of H-pyrrole nitrogens is 1. The predicted octanol–water partition coefficient (Wildman–Crippen LogP) is 5.84.